The Morgan fingerprint density at radius 1 is 1.15 bits per heavy atom. The van der Waals surface area contributed by atoms with E-state index in [1.165, 1.54) is 13.2 Å². The van der Waals surface area contributed by atoms with Crippen LogP contribution in [0.25, 0.3) is 0 Å². The number of hydrogen-bond donors (Lipinski definition) is 1. The van der Waals surface area contributed by atoms with Crippen molar-refractivity contribution < 1.29 is 13.9 Å². The smallest absolute Gasteiger partial charge is 0.148 e. The molecule has 0 aliphatic carbocycles. The summed E-state index contributed by atoms with van der Waals surface area (Å²) < 4.78 is 25.8. The lowest BCUT2D eigenvalue weighted by Crippen LogP contribution is -2.00. The van der Waals surface area contributed by atoms with Crippen LogP contribution in [0.15, 0.2) is 39.3 Å². The molecule has 0 bridgehead atoms. The molecule has 0 fully saturated rings. The maximum Gasteiger partial charge on any atom is 0.148 e. The minimum Gasteiger partial charge on any atom is -0.497 e. The summed E-state index contributed by atoms with van der Waals surface area (Å²) in [4.78, 5) is 0. The van der Waals surface area contributed by atoms with Gasteiger partial charge in [0.2, 0.25) is 0 Å². The van der Waals surface area contributed by atoms with Crippen molar-refractivity contribution in [2.75, 3.05) is 12.8 Å². The molecule has 0 aliphatic rings. The van der Waals surface area contributed by atoms with E-state index in [1.807, 2.05) is 0 Å². The molecule has 0 unspecified atom stereocenters. The number of nitrogens with two attached hydrogens (primary N) is 1. The largest absolute Gasteiger partial charge is 0.497 e. The Labute approximate surface area is 133 Å². The van der Waals surface area contributed by atoms with Gasteiger partial charge in [-0.1, -0.05) is 0 Å². The van der Waals surface area contributed by atoms with E-state index in [9.17, 15) is 4.39 Å². The number of hydrogen-bond acceptors (Lipinski definition) is 3. The van der Waals surface area contributed by atoms with E-state index in [-0.39, 0.29) is 12.4 Å². The Balaban J connectivity index is 2.17. The number of anilines is 1. The van der Waals surface area contributed by atoms with E-state index >= 15 is 0 Å². The number of benzene rings is 2. The van der Waals surface area contributed by atoms with Gasteiger partial charge in [0.1, 0.15) is 23.9 Å². The standard InChI is InChI=1S/C14H12Br2FNO2/c1-19-10-3-2-8(13(17)6-10)7-20-14-11(15)4-9(18)5-12(14)16/h2-6H,7,18H2,1H3. The van der Waals surface area contributed by atoms with E-state index in [0.717, 1.165) is 0 Å². The van der Waals surface area contributed by atoms with Gasteiger partial charge in [-0.25, -0.2) is 4.39 Å². The summed E-state index contributed by atoms with van der Waals surface area (Å²) in [6.07, 6.45) is 0. The topological polar surface area (TPSA) is 44.5 Å². The van der Waals surface area contributed by atoms with Crippen LogP contribution in [0.5, 0.6) is 11.5 Å². The predicted molar refractivity (Wildman–Crippen MR) is 83.5 cm³/mol. The van der Waals surface area contributed by atoms with E-state index in [4.69, 9.17) is 15.2 Å². The molecular weight excluding hydrogens is 393 g/mol. The summed E-state index contributed by atoms with van der Waals surface area (Å²) in [6.45, 7) is 0.108. The lowest BCUT2D eigenvalue weighted by atomic mass is 10.2. The van der Waals surface area contributed by atoms with Gasteiger partial charge in [-0.05, 0) is 56.1 Å². The molecule has 0 aromatic heterocycles. The van der Waals surface area contributed by atoms with Crippen LogP contribution in [0.4, 0.5) is 10.1 Å². The molecule has 2 rings (SSSR count). The first-order valence-corrected chi connectivity index (χ1v) is 7.29. The fourth-order valence-electron chi connectivity index (χ4n) is 1.64. The highest BCUT2D eigenvalue weighted by atomic mass is 79.9. The summed E-state index contributed by atoms with van der Waals surface area (Å²) in [5.74, 6) is 0.683. The first-order chi connectivity index (χ1) is 9.51. The highest BCUT2D eigenvalue weighted by Gasteiger charge is 2.10. The molecular formula is C14H12Br2FNO2. The second kappa shape index (κ2) is 6.45. The maximum absolute atomic E-state index is 13.8. The van der Waals surface area contributed by atoms with Crippen LogP contribution in [-0.2, 0) is 6.61 Å². The highest BCUT2D eigenvalue weighted by molar-refractivity contribution is 9.11. The number of ether oxygens (including phenoxy) is 2. The zero-order valence-electron chi connectivity index (χ0n) is 10.6. The normalized spacial score (nSPS) is 10.4. The van der Waals surface area contributed by atoms with Gasteiger partial charge in [0.05, 0.1) is 16.1 Å². The number of methoxy groups -OCH3 is 1. The van der Waals surface area contributed by atoms with Crippen molar-refractivity contribution in [1.29, 1.82) is 0 Å². The van der Waals surface area contributed by atoms with Gasteiger partial charge in [-0.2, -0.15) is 0 Å². The highest BCUT2D eigenvalue weighted by Crippen LogP contribution is 2.36. The molecule has 20 heavy (non-hydrogen) atoms. The first kappa shape index (κ1) is 15.1. The number of halogens is 3. The van der Waals surface area contributed by atoms with Gasteiger partial charge >= 0.3 is 0 Å². The molecule has 0 saturated carbocycles. The fraction of sp³-hybridized carbons (Fsp3) is 0.143. The first-order valence-electron chi connectivity index (χ1n) is 5.71. The second-order valence-corrected chi connectivity index (χ2v) is 5.77. The zero-order chi connectivity index (χ0) is 14.7. The quantitative estimate of drug-likeness (QED) is 0.762. The van der Waals surface area contributed by atoms with Crippen molar-refractivity contribution >= 4 is 37.5 Å². The molecule has 6 heteroatoms. The van der Waals surface area contributed by atoms with E-state index in [2.05, 4.69) is 31.9 Å². The third-order valence-electron chi connectivity index (χ3n) is 2.65. The Morgan fingerprint density at radius 3 is 2.35 bits per heavy atom. The van der Waals surface area contributed by atoms with Gasteiger partial charge in [0.15, 0.2) is 0 Å². The number of rotatable bonds is 4. The average molecular weight is 405 g/mol. The van der Waals surface area contributed by atoms with Crippen LogP contribution in [0.2, 0.25) is 0 Å². The van der Waals surface area contributed by atoms with Crippen LogP contribution < -0.4 is 15.2 Å². The van der Waals surface area contributed by atoms with Crippen LogP contribution in [0.3, 0.4) is 0 Å². The Bertz CT molecular complexity index is 612. The fourth-order valence-corrected chi connectivity index (χ4v) is 3.09. The molecule has 2 aromatic rings. The molecule has 0 amide bonds. The lowest BCUT2D eigenvalue weighted by molar-refractivity contribution is 0.295. The molecule has 3 nitrogen and oxygen atoms in total. The summed E-state index contributed by atoms with van der Waals surface area (Å²) in [7, 11) is 1.49. The van der Waals surface area contributed by atoms with Gasteiger partial charge < -0.3 is 15.2 Å². The summed E-state index contributed by atoms with van der Waals surface area (Å²) in [6, 6.07) is 8.10. The second-order valence-electron chi connectivity index (χ2n) is 4.06. The van der Waals surface area contributed by atoms with Crippen molar-refractivity contribution in [2.24, 2.45) is 0 Å². The van der Waals surface area contributed by atoms with E-state index in [1.54, 1.807) is 24.3 Å². The van der Waals surface area contributed by atoms with Gasteiger partial charge in [-0.15, -0.1) is 0 Å². The van der Waals surface area contributed by atoms with Crippen molar-refractivity contribution in [3.63, 3.8) is 0 Å². The van der Waals surface area contributed by atoms with Gasteiger partial charge in [0, 0.05) is 17.3 Å². The SMILES string of the molecule is COc1ccc(COc2c(Br)cc(N)cc2Br)c(F)c1. The van der Waals surface area contributed by atoms with Crippen molar-refractivity contribution in [3.05, 3.63) is 50.7 Å². The summed E-state index contributed by atoms with van der Waals surface area (Å²) in [5.41, 5.74) is 6.75. The predicted octanol–water partition coefficient (Wildman–Crippen LogP) is 4.52. The minimum absolute atomic E-state index is 0.108. The van der Waals surface area contributed by atoms with Crippen molar-refractivity contribution in [1.82, 2.24) is 0 Å². The Kier molecular flexibility index (Phi) is 4.88. The molecule has 0 radical (unpaired) electrons. The molecule has 106 valence electrons. The average Bonchev–Trinajstić information content (AvgIpc) is 2.39. The zero-order valence-corrected chi connectivity index (χ0v) is 13.8. The van der Waals surface area contributed by atoms with Gasteiger partial charge in [0.25, 0.3) is 0 Å². The molecule has 2 aromatic carbocycles. The monoisotopic (exact) mass is 403 g/mol. The Hall–Kier alpha value is -1.27. The van der Waals surface area contributed by atoms with Crippen molar-refractivity contribution in [3.8, 4) is 11.5 Å². The third kappa shape index (κ3) is 3.43. The van der Waals surface area contributed by atoms with Crippen LogP contribution in [-0.4, -0.2) is 7.11 Å². The summed E-state index contributed by atoms with van der Waals surface area (Å²) >= 11 is 6.73. The molecule has 0 heterocycles. The van der Waals surface area contributed by atoms with E-state index < -0.39 is 0 Å². The molecule has 0 spiro atoms. The lowest BCUT2D eigenvalue weighted by Gasteiger charge is -2.12. The maximum atomic E-state index is 13.8. The van der Waals surface area contributed by atoms with E-state index in [0.29, 0.717) is 31.7 Å². The summed E-state index contributed by atoms with van der Waals surface area (Å²) in [5, 5.41) is 0. The molecule has 0 aliphatic heterocycles. The molecule has 2 N–H and O–H groups in total. The van der Waals surface area contributed by atoms with Gasteiger partial charge in [-0.3, -0.25) is 0 Å². The minimum atomic E-state index is -0.368. The van der Waals surface area contributed by atoms with Crippen LogP contribution in [0.1, 0.15) is 5.56 Å². The number of nitrogen functional groups attached to an aromatic ring is 1. The molecule has 0 atom stereocenters. The van der Waals surface area contributed by atoms with Crippen LogP contribution in [0, 0.1) is 5.82 Å². The van der Waals surface area contributed by atoms with Crippen LogP contribution >= 0.6 is 31.9 Å². The third-order valence-corrected chi connectivity index (χ3v) is 3.83. The van der Waals surface area contributed by atoms with Crippen molar-refractivity contribution in [2.45, 2.75) is 6.61 Å². The molecule has 0 saturated heterocycles. The Morgan fingerprint density at radius 2 is 1.80 bits per heavy atom.